The van der Waals surface area contributed by atoms with E-state index in [9.17, 15) is 4.79 Å². The summed E-state index contributed by atoms with van der Waals surface area (Å²) in [6.07, 6.45) is 5.01. The van der Waals surface area contributed by atoms with Gasteiger partial charge < -0.3 is 14.7 Å². The number of morpholine rings is 1. The number of pyridine rings is 1. The van der Waals surface area contributed by atoms with E-state index in [2.05, 4.69) is 4.98 Å². The van der Waals surface area contributed by atoms with Crippen molar-refractivity contribution in [1.29, 1.82) is 0 Å². The molecule has 0 radical (unpaired) electrons. The van der Waals surface area contributed by atoms with E-state index in [1.165, 1.54) is 0 Å². The Morgan fingerprint density at radius 2 is 2.44 bits per heavy atom. The van der Waals surface area contributed by atoms with Crippen molar-refractivity contribution in [2.75, 3.05) is 19.8 Å². The molecule has 2 heterocycles. The minimum absolute atomic E-state index is 0.0131. The van der Waals surface area contributed by atoms with Crippen LogP contribution in [0.5, 0.6) is 0 Å². The smallest absolute Gasteiger partial charge is 0.248 e. The van der Waals surface area contributed by atoms with Crippen LogP contribution in [0.2, 0.25) is 0 Å². The number of carbonyl (C=O) groups is 1. The maximum Gasteiger partial charge on any atom is 0.248 e. The summed E-state index contributed by atoms with van der Waals surface area (Å²) < 4.78 is 5.44. The predicted molar refractivity (Wildman–Crippen MR) is 65.7 cm³/mol. The van der Waals surface area contributed by atoms with E-state index in [-0.39, 0.29) is 25.2 Å². The number of rotatable bonds is 5. The van der Waals surface area contributed by atoms with Gasteiger partial charge >= 0.3 is 0 Å². The molecule has 1 aliphatic heterocycles. The highest BCUT2D eigenvalue weighted by Crippen LogP contribution is 2.14. The standard InChI is InChI=1S/C13H18N2O3/c16-6-2-4-12-9-15(13(17)10-18-12)8-11-3-1-5-14-7-11/h1,3,5,7,12,16H,2,4,6,8-10H2. The molecule has 0 aliphatic carbocycles. The monoisotopic (exact) mass is 250 g/mol. The molecule has 2 rings (SSSR count). The molecule has 98 valence electrons. The van der Waals surface area contributed by atoms with Crippen LogP contribution in [-0.4, -0.2) is 46.8 Å². The van der Waals surface area contributed by atoms with Crippen LogP contribution in [0.1, 0.15) is 18.4 Å². The molecule has 1 amide bonds. The van der Waals surface area contributed by atoms with Gasteiger partial charge in [0.15, 0.2) is 0 Å². The number of hydrogen-bond acceptors (Lipinski definition) is 4. The fourth-order valence-electron chi connectivity index (χ4n) is 2.04. The third kappa shape index (κ3) is 3.51. The highest BCUT2D eigenvalue weighted by atomic mass is 16.5. The molecule has 0 saturated carbocycles. The highest BCUT2D eigenvalue weighted by Gasteiger charge is 2.25. The Kier molecular flexibility index (Phi) is 4.66. The summed E-state index contributed by atoms with van der Waals surface area (Å²) in [6.45, 7) is 1.46. The van der Waals surface area contributed by atoms with Crippen molar-refractivity contribution in [3.63, 3.8) is 0 Å². The predicted octanol–water partition coefficient (Wildman–Crippen LogP) is 0.581. The van der Waals surface area contributed by atoms with Gasteiger partial charge in [-0.15, -0.1) is 0 Å². The summed E-state index contributed by atoms with van der Waals surface area (Å²) in [5.41, 5.74) is 1.02. The summed E-state index contributed by atoms with van der Waals surface area (Å²) in [4.78, 5) is 17.6. The normalized spacial score (nSPS) is 20.2. The van der Waals surface area contributed by atoms with E-state index in [0.717, 1.165) is 12.0 Å². The van der Waals surface area contributed by atoms with E-state index in [1.807, 2.05) is 12.1 Å². The van der Waals surface area contributed by atoms with Gasteiger partial charge in [0.2, 0.25) is 5.91 Å². The first kappa shape index (κ1) is 13.0. The van der Waals surface area contributed by atoms with Gasteiger partial charge in [-0.05, 0) is 24.5 Å². The van der Waals surface area contributed by atoms with Crippen LogP contribution in [0, 0.1) is 0 Å². The Bertz CT molecular complexity index is 383. The first-order valence-corrected chi connectivity index (χ1v) is 6.18. The number of ether oxygens (including phenoxy) is 1. The second-order valence-electron chi connectivity index (χ2n) is 4.43. The molecular formula is C13H18N2O3. The molecule has 0 aromatic carbocycles. The van der Waals surface area contributed by atoms with Crippen LogP contribution in [0.25, 0.3) is 0 Å². The second-order valence-corrected chi connectivity index (χ2v) is 4.43. The van der Waals surface area contributed by atoms with Crippen LogP contribution in [-0.2, 0) is 16.1 Å². The lowest BCUT2D eigenvalue weighted by Gasteiger charge is -2.32. The highest BCUT2D eigenvalue weighted by molar-refractivity contribution is 5.78. The van der Waals surface area contributed by atoms with Crippen molar-refractivity contribution < 1.29 is 14.6 Å². The number of aliphatic hydroxyl groups is 1. The molecule has 1 unspecified atom stereocenters. The summed E-state index contributed by atoms with van der Waals surface area (Å²) in [5.74, 6) is 0.0131. The van der Waals surface area contributed by atoms with Crippen LogP contribution >= 0.6 is 0 Å². The topological polar surface area (TPSA) is 62.7 Å². The number of aromatic nitrogens is 1. The van der Waals surface area contributed by atoms with Crippen LogP contribution in [0.4, 0.5) is 0 Å². The molecule has 5 nitrogen and oxygen atoms in total. The van der Waals surface area contributed by atoms with Crippen molar-refractivity contribution in [2.45, 2.75) is 25.5 Å². The van der Waals surface area contributed by atoms with Gasteiger partial charge in [0.25, 0.3) is 0 Å². The van der Waals surface area contributed by atoms with Gasteiger partial charge in [0.1, 0.15) is 6.61 Å². The first-order chi connectivity index (χ1) is 8.79. The number of carbonyl (C=O) groups excluding carboxylic acids is 1. The van der Waals surface area contributed by atoms with E-state index in [1.54, 1.807) is 17.3 Å². The molecule has 18 heavy (non-hydrogen) atoms. The van der Waals surface area contributed by atoms with E-state index < -0.39 is 0 Å². The SMILES string of the molecule is O=C1COC(CCCO)CN1Cc1cccnc1. The maximum atomic E-state index is 11.7. The molecule has 1 N–H and O–H groups in total. The van der Waals surface area contributed by atoms with Gasteiger partial charge in [-0.25, -0.2) is 0 Å². The van der Waals surface area contributed by atoms with Crippen molar-refractivity contribution in [3.8, 4) is 0 Å². The van der Waals surface area contributed by atoms with Gasteiger partial charge in [0, 0.05) is 32.1 Å². The number of nitrogens with zero attached hydrogens (tertiary/aromatic N) is 2. The minimum atomic E-state index is 0.0131. The number of amides is 1. The maximum absolute atomic E-state index is 11.7. The Morgan fingerprint density at radius 3 is 3.17 bits per heavy atom. The number of aliphatic hydroxyl groups excluding tert-OH is 1. The second kappa shape index (κ2) is 6.47. The minimum Gasteiger partial charge on any atom is -0.396 e. The third-order valence-corrected chi connectivity index (χ3v) is 3.00. The fourth-order valence-corrected chi connectivity index (χ4v) is 2.04. The summed E-state index contributed by atoms with van der Waals surface area (Å²) in [5, 5.41) is 8.81. The Labute approximate surface area is 106 Å². The van der Waals surface area contributed by atoms with E-state index >= 15 is 0 Å². The Hall–Kier alpha value is -1.46. The summed E-state index contributed by atoms with van der Waals surface area (Å²) in [6, 6.07) is 3.82. The van der Waals surface area contributed by atoms with Crippen molar-refractivity contribution in [2.24, 2.45) is 0 Å². The molecule has 1 aromatic heterocycles. The van der Waals surface area contributed by atoms with Crippen molar-refractivity contribution >= 4 is 5.91 Å². The molecular weight excluding hydrogens is 232 g/mol. The molecule has 0 bridgehead atoms. The lowest BCUT2D eigenvalue weighted by molar-refractivity contribution is -0.150. The molecule has 1 fully saturated rings. The molecule has 1 aliphatic rings. The average Bonchev–Trinajstić information content (AvgIpc) is 2.41. The van der Waals surface area contributed by atoms with E-state index in [4.69, 9.17) is 9.84 Å². The van der Waals surface area contributed by atoms with Gasteiger partial charge in [0.05, 0.1) is 6.10 Å². The van der Waals surface area contributed by atoms with Crippen LogP contribution in [0.15, 0.2) is 24.5 Å². The molecule has 5 heteroatoms. The van der Waals surface area contributed by atoms with E-state index in [0.29, 0.717) is 19.5 Å². The van der Waals surface area contributed by atoms with Crippen LogP contribution in [0.3, 0.4) is 0 Å². The zero-order valence-electron chi connectivity index (χ0n) is 10.3. The number of hydrogen-bond donors (Lipinski definition) is 1. The Morgan fingerprint density at radius 1 is 1.56 bits per heavy atom. The molecule has 1 aromatic rings. The van der Waals surface area contributed by atoms with Gasteiger partial charge in [-0.2, -0.15) is 0 Å². The lowest BCUT2D eigenvalue weighted by atomic mass is 10.1. The quantitative estimate of drug-likeness (QED) is 0.830. The zero-order valence-corrected chi connectivity index (χ0v) is 10.3. The zero-order chi connectivity index (χ0) is 12.8. The van der Waals surface area contributed by atoms with Crippen molar-refractivity contribution in [1.82, 2.24) is 9.88 Å². The lowest BCUT2D eigenvalue weighted by Crippen LogP contribution is -2.46. The average molecular weight is 250 g/mol. The van der Waals surface area contributed by atoms with Crippen LogP contribution < -0.4 is 0 Å². The van der Waals surface area contributed by atoms with Crippen molar-refractivity contribution in [3.05, 3.63) is 30.1 Å². The molecule has 1 saturated heterocycles. The van der Waals surface area contributed by atoms with Gasteiger partial charge in [-0.1, -0.05) is 6.07 Å². The summed E-state index contributed by atoms with van der Waals surface area (Å²) in [7, 11) is 0. The summed E-state index contributed by atoms with van der Waals surface area (Å²) >= 11 is 0. The first-order valence-electron chi connectivity index (χ1n) is 6.18. The van der Waals surface area contributed by atoms with Gasteiger partial charge in [-0.3, -0.25) is 9.78 Å². The fraction of sp³-hybridized carbons (Fsp3) is 0.538. The molecule has 1 atom stereocenters. The third-order valence-electron chi connectivity index (χ3n) is 3.00. The Balaban J connectivity index is 1.91. The largest absolute Gasteiger partial charge is 0.396 e. The molecule has 0 spiro atoms.